The van der Waals surface area contributed by atoms with Gasteiger partial charge in [-0.2, -0.15) is 5.26 Å². The Kier molecular flexibility index (Phi) is 3.66. The fourth-order valence-electron chi connectivity index (χ4n) is 2.24. The van der Waals surface area contributed by atoms with Gasteiger partial charge in [0.2, 0.25) is 0 Å². The van der Waals surface area contributed by atoms with Gasteiger partial charge in [-0.1, -0.05) is 6.07 Å². The predicted molar refractivity (Wildman–Crippen MR) is 83.0 cm³/mol. The maximum atomic E-state index is 13.4. The van der Waals surface area contributed by atoms with E-state index in [1.54, 1.807) is 24.3 Å². The molecule has 0 saturated heterocycles. The molecule has 6 heteroatoms. The number of alkyl halides is 1. The Balaban J connectivity index is 2.35. The van der Waals surface area contributed by atoms with Crippen molar-refractivity contribution in [3.63, 3.8) is 0 Å². The Morgan fingerprint density at radius 2 is 2.14 bits per heavy atom. The minimum atomic E-state index is -0.340. The molecular formula is C15H8BrClFN3. The van der Waals surface area contributed by atoms with Crippen LogP contribution in [-0.4, -0.2) is 9.55 Å². The first-order valence-electron chi connectivity index (χ1n) is 6.07. The Morgan fingerprint density at radius 1 is 1.33 bits per heavy atom. The van der Waals surface area contributed by atoms with E-state index >= 15 is 0 Å². The molecule has 0 fully saturated rings. The molecule has 0 aliphatic rings. The number of para-hydroxylation sites is 1. The van der Waals surface area contributed by atoms with E-state index in [1.807, 2.05) is 10.6 Å². The lowest BCUT2D eigenvalue weighted by Gasteiger charge is -2.08. The minimum Gasteiger partial charge on any atom is -0.295 e. The average Bonchev–Trinajstić information content (AvgIpc) is 2.88. The molecule has 1 aromatic heterocycles. The highest BCUT2D eigenvalue weighted by Crippen LogP contribution is 2.27. The van der Waals surface area contributed by atoms with Crippen LogP contribution in [0.2, 0.25) is 0 Å². The number of fused-ring (bicyclic) bond motifs is 1. The fourth-order valence-corrected chi connectivity index (χ4v) is 2.79. The van der Waals surface area contributed by atoms with Gasteiger partial charge in [0, 0.05) is 5.69 Å². The second-order valence-corrected chi connectivity index (χ2v) is 5.50. The average molecular weight is 365 g/mol. The van der Waals surface area contributed by atoms with E-state index in [4.69, 9.17) is 11.6 Å². The molecule has 0 bridgehead atoms. The number of aromatic nitrogens is 2. The third-order valence-corrected chi connectivity index (χ3v) is 4.00. The van der Waals surface area contributed by atoms with Crippen LogP contribution in [0.25, 0.3) is 16.7 Å². The summed E-state index contributed by atoms with van der Waals surface area (Å²) in [7, 11) is 0. The molecular weight excluding hydrogens is 357 g/mol. The first-order valence-corrected chi connectivity index (χ1v) is 7.40. The topological polar surface area (TPSA) is 41.6 Å². The number of hydrogen-bond acceptors (Lipinski definition) is 2. The molecule has 0 saturated carbocycles. The number of nitrogens with zero attached hydrogens (tertiary/aromatic N) is 3. The van der Waals surface area contributed by atoms with Gasteiger partial charge in [0.25, 0.3) is 0 Å². The number of benzene rings is 2. The van der Waals surface area contributed by atoms with Gasteiger partial charge in [0.15, 0.2) is 0 Å². The quantitative estimate of drug-likeness (QED) is 0.627. The highest BCUT2D eigenvalue weighted by molar-refractivity contribution is 9.10. The molecule has 0 atom stereocenters. The monoisotopic (exact) mass is 363 g/mol. The third-order valence-electron chi connectivity index (χ3n) is 3.16. The smallest absolute Gasteiger partial charge is 0.137 e. The minimum absolute atomic E-state index is 0.189. The number of hydrogen-bond donors (Lipinski definition) is 0. The standard InChI is InChI=1S/C15H8BrClFN3/c16-11-6-10(4-5-12(11)18)21-13-3-1-2-9(8-19)15(13)20-14(21)7-17/h1-6H,7H2. The normalized spacial score (nSPS) is 10.8. The lowest BCUT2D eigenvalue weighted by Crippen LogP contribution is -1.99. The van der Waals surface area contributed by atoms with E-state index in [-0.39, 0.29) is 11.7 Å². The zero-order valence-corrected chi connectivity index (χ0v) is 13.0. The first kappa shape index (κ1) is 14.1. The highest BCUT2D eigenvalue weighted by Gasteiger charge is 2.15. The summed E-state index contributed by atoms with van der Waals surface area (Å²) in [5, 5.41) is 9.17. The van der Waals surface area contributed by atoms with Crippen LogP contribution < -0.4 is 0 Å². The second kappa shape index (κ2) is 5.47. The van der Waals surface area contributed by atoms with Crippen LogP contribution in [0.3, 0.4) is 0 Å². The first-order chi connectivity index (χ1) is 10.2. The SMILES string of the molecule is N#Cc1cccc2c1nc(CCl)n2-c1ccc(F)c(Br)c1. The van der Waals surface area contributed by atoms with Gasteiger partial charge in [-0.15, -0.1) is 11.6 Å². The summed E-state index contributed by atoms with van der Waals surface area (Å²) in [4.78, 5) is 4.43. The molecule has 1 heterocycles. The summed E-state index contributed by atoms with van der Waals surface area (Å²) < 4.78 is 15.6. The summed E-state index contributed by atoms with van der Waals surface area (Å²) in [6, 6.07) is 12.1. The molecule has 3 nitrogen and oxygen atoms in total. The molecule has 0 unspecified atom stereocenters. The molecule has 0 amide bonds. The van der Waals surface area contributed by atoms with Crippen molar-refractivity contribution in [1.29, 1.82) is 5.26 Å². The zero-order valence-electron chi connectivity index (χ0n) is 10.6. The Bertz CT molecular complexity index is 882. The van der Waals surface area contributed by atoms with E-state index < -0.39 is 0 Å². The van der Waals surface area contributed by atoms with Crippen LogP contribution in [0.1, 0.15) is 11.4 Å². The Labute approximate surface area is 133 Å². The molecule has 0 spiro atoms. The summed E-state index contributed by atoms with van der Waals surface area (Å²) in [6.07, 6.45) is 0. The summed E-state index contributed by atoms with van der Waals surface area (Å²) in [5.41, 5.74) is 2.58. The van der Waals surface area contributed by atoms with Crippen molar-refractivity contribution >= 4 is 38.6 Å². The van der Waals surface area contributed by atoms with Crippen molar-refractivity contribution < 1.29 is 4.39 Å². The number of halogens is 3. The largest absolute Gasteiger partial charge is 0.295 e. The van der Waals surface area contributed by atoms with Gasteiger partial charge in [-0.25, -0.2) is 9.37 Å². The molecule has 0 radical (unpaired) electrons. The van der Waals surface area contributed by atoms with Crippen molar-refractivity contribution in [2.45, 2.75) is 5.88 Å². The lowest BCUT2D eigenvalue weighted by atomic mass is 10.2. The van der Waals surface area contributed by atoms with Crippen molar-refractivity contribution in [3.8, 4) is 11.8 Å². The fraction of sp³-hybridized carbons (Fsp3) is 0.0667. The second-order valence-electron chi connectivity index (χ2n) is 4.38. The lowest BCUT2D eigenvalue weighted by molar-refractivity contribution is 0.620. The van der Waals surface area contributed by atoms with E-state index in [9.17, 15) is 9.65 Å². The summed E-state index contributed by atoms with van der Waals surface area (Å²) >= 11 is 9.14. The highest BCUT2D eigenvalue weighted by atomic mass is 79.9. The molecule has 0 aliphatic carbocycles. The van der Waals surface area contributed by atoms with Crippen LogP contribution in [0, 0.1) is 17.1 Å². The van der Waals surface area contributed by atoms with Crippen LogP contribution in [0.15, 0.2) is 40.9 Å². The summed E-state index contributed by atoms with van der Waals surface area (Å²) in [5.74, 6) is 0.454. The number of nitriles is 1. The van der Waals surface area contributed by atoms with Crippen molar-refractivity contribution in [2.75, 3.05) is 0 Å². The van der Waals surface area contributed by atoms with Gasteiger partial charge >= 0.3 is 0 Å². The van der Waals surface area contributed by atoms with Gasteiger partial charge < -0.3 is 0 Å². The molecule has 0 aliphatic heterocycles. The van der Waals surface area contributed by atoms with Crippen molar-refractivity contribution in [2.24, 2.45) is 0 Å². The van der Waals surface area contributed by atoms with E-state index in [1.165, 1.54) is 6.07 Å². The molecule has 0 N–H and O–H groups in total. The predicted octanol–water partition coefficient (Wildman–Crippen LogP) is 4.54. The molecule has 21 heavy (non-hydrogen) atoms. The van der Waals surface area contributed by atoms with E-state index in [0.29, 0.717) is 21.4 Å². The maximum absolute atomic E-state index is 13.4. The van der Waals surface area contributed by atoms with E-state index in [0.717, 1.165) is 11.2 Å². The third kappa shape index (κ3) is 2.31. The van der Waals surface area contributed by atoms with Crippen LogP contribution >= 0.6 is 27.5 Å². The zero-order chi connectivity index (χ0) is 15.0. The van der Waals surface area contributed by atoms with Gasteiger partial charge in [-0.05, 0) is 46.3 Å². The van der Waals surface area contributed by atoms with Crippen molar-refractivity contribution in [1.82, 2.24) is 9.55 Å². The van der Waals surface area contributed by atoms with Crippen LogP contribution in [-0.2, 0) is 5.88 Å². The van der Waals surface area contributed by atoms with Gasteiger partial charge in [0.05, 0.1) is 21.4 Å². The number of rotatable bonds is 2. The molecule has 3 rings (SSSR count). The van der Waals surface area contributed by atoms with E-state index in [2.05, 4.69) is 27.0 Å². The summed E-state index contributed by atoms with van der Waals surface area (Å²) in [6.45, 7) is 0. The van der Waals surface area contributed by atoms with Crippen LogP contribution in [0.5, 0.6) is 0 Å². The Morgan fingerprint density at radius 3 is 2.81 bits per heavy atom. The van der Waals surface area contributed by atoms with Gasteiger partial charge in [-0.3, -0.25) is 4.57 Å². The Hall–Kier alpha value is -1.90. The number of imidazole rings is 1. The molecule has 3 aromatic rings. The van der Waals surface area contributed by atoms with Crippen molar-refractivity contribution in [3.05, 3.63) is 58.1 Å². The van der Waals surface area contributed by atoms with Gasteiger partial charge in [0.1, 0.15) is 23.2 Å². The molecule has 104 valence electrons. The molecule has 2 aromatic carbocycles. The van der Waals surface area contributed by atoms with Crippen LogP contribution in [0.4, 0.5) is 4.39 Å². The maximum Gasteiger partial charge on any atom is 0.137 e.